The van der Waals surface area contributed by atoms with Crippen molar-refractivity contribution in [2.45, 2.75) is 46.1 Å². The van der Waals surface area contributed by atoms with Gasteiger partial charge in [-0.05, 0) is 47.3 Å². The molecule has 17 heavy (non-hydrogen) atoms. The molecule has 0 saturated carbocycles. The quantitative estimate of drug-likeness (QED) is 0.863. The summed E-state index contributed by atoms with van der Waals surface area (Å²) < 4.78 is 5.77. The molecular weight excluding hydrogens is 282 g/mol. The maximum Gasteiger partial charge on any atom is 0.287 e. The second kappa shape index (κ2) is 6.84. The first-order chi connectivity index (χ1) is 7.99. The van der Waals surface area contributed by atoms with Gasteiger partial charge < -0.3 is 9.73 Å². The smallest absolute Gasteiger partial charge is 0.287 e. The highest BCUT2D eigenvalue weighted by Gasteiger charge is 2.13. The minimum absolute atomic E-state index is 0.146. The molecule has 3 nitrogen and oxygen atoms in total. The number of furan rings is 1. The van der Waals surface area contributed by atoms with Crippen LogP contribution in [0.3, 0.4) is 0 Å². The summed E-state index contributed by atoms with van der Waals surface area (Å²) in [5.41, 5.74) is 0. The van der Waals surface area contributed by atoms with E-state index < -0.39 is 0 Å². The fraction of sp³-hybridized carbons (Fsp3) is 0.615. The van der Waals surface area contributed by atoms with Crippen LogP contribution < -0.4 is 5.32 Å². The molecule has 1 amide bonds. The molecule has 1 rings (SSSR count). The average molecular weight is 302 g/mol. The van der Waals surface area contributed by atoms with E-state index in [1.54, 1.807) is 12.1 Å². The van der Waals surface area contributed by atoms with Crippen LogP contribution in [0.2, 0.25) is 0 Å². The lowest BCUT2D eigenvalue weighted by molar-refractivity contribution is 0.0908. The molecule has 0 aliphatic carbocycles. The van der Waals surface area contributed by atoms with Crippen molar-refractivity contribution in [3.8, 4) is 0 Å². The molecule has 0 fully saturated rings. The van der Waals surface area contributed by atoms with Gasteiger partial charge in [0.25, 0.3) is 5.91 Å². The summed E-state index contributed by atoms with van der Waals surface area (Å²) in [4.78, 5) is 11.7. The van der Waals surface area contributed by atoms with Gasteiger partial charge in [-0.25, -0.2) is 0 Å². The van der Waals surface area contributed by atoms with Crippen molar-refractivity contribution in [3.63, 3.8) is 0 Å². The Morgan fingerprint density at radius 3 is 2.59 bits per heavy atom. The Morgan fingerprint density at radius 1 is 1.35 bits per heavy atom. The molecule has 1 aromatic rings. The van der Waals surface area contributed by atoms with Crippen LogP contribution in [0.15, 0.2) is 21.2 Å². The summed E-state index contributed by atoms with van der Waals surface area (Å²) >= 11 is 3.18. The minimum atomic E-state index is -0.146. The Labute approximate surface area is 111 Å². The number of amides is 1. The van der Waals surface area contributed by atoms with Crippen molar-refractivity contribution in [2.75, 3.05) is 0 Å². The highest BCUT2D eigenvalue weighted by molar-refractivity contribution is 9.10. The number of halogens is 1. The number of rotatable bonds is 6. The van der Waals surface area contributed by atoms with Crippen molar-refractivity contribution < 1.29 is 9.21 Å². The molecule has 0 aromatic carbocycles. The van der Waals surface area contributed by atoms with Crippen LogP contribution in [0, 0.1) is 5.92 Å². The van der Waals surface area contributed by atoms with Crippen molar-refractivity contribution in [1.82, 2.24) is 5.32 Å². The van der Waals surface area contributed by atoms with Crippen LogP contribution in [-0.2, 0) is 0 Å². The summed E-state index contributed by atoms with van der Waals surface area (Å²) in [6.45, 7) is 6.45. The minimum Gasteiger partial charge on any atom is -0.444 e. The lowest BCUT2D eigenvalue weighted by atomic mass is 10.0. The molecule has 96 valence electrons. The summed E-state index contributed by atoms with van der Waals surface area (Å²) in [5, 5.41) is 2.93. The third-order valence-corrected chi connectivity index (χ3v) is 3.02. The molecule has 0 bridgehead atoms. The van der Waals surface area contributed by atoms with Crippen molar-refractivity contribution in [1.29, 1.82) is 0 Å². The van der Waals surface area contributed by atoms with Gasteiger partial charge in [-0.15, -0.1) is 0 Å². The molecule has 0 radical (unpaired) electrons. The molecule has 0 saturated heterocycles. The fourth-order valence-electron chi connectivity index (χ4n) is 1.64. The summed E-state index contributed by atoms with van der Waals surface area (Å²) in [6, 6.07) is 3.57. The van der Waals surface area contributed by atoms with Crippen molar-refractivity contribution >= 4 is 21.8 Å². The zero-order valence-corrected chi connectivity index (χ0v) is 12.2. The van der Waals surface area contributed by atoms with E-state index in [0.717, 1.165) is 18.8 Å². The summed E-state index contributed by atoms with van der Waals surface area (Å²) in [7, 11) is 0. The molecule has 0 unspecified atom stereocenters. The third-order valence-electron chi connectivity index (χ3n) is 2.59. The van der Waals surface area contributed by atoms with Gasteiger partial charge in [-0.1, -0.05) is 26.7 Å². The van der Waals surface area contributed by atoms with E-state index in [1.807, 2.05) is 6.92 Å². The Bertz CT molecular complexity index is 360. The van der Waals surface area contributed by atoms with E-state index >= 15 is 0 Å². The number of hydrogen-bond acceptors (Lipinski definition) is 2. The number of carbonyl (C=O) groups is 1. The summed E-state index contributed by atoms with van der Waals surface area (Å²) in [5.74, 6) is 0.930. The highest BCUT2D eigenvalue weighted by Crippen LogP contribution is 2.14. The molecule has 1 N–H and O–H groups in total. The normalized spacial score (nSPS) is 12.8. The number of hydrogen-bond donors (Lipinski definition) is 1. The van der Waals surface area contributed by atoms with E-state index in [0.29, 0.717) is 10.4 Å². The van der Waals surface area contributed by atoms with Gasteiger partial charge >= 0.3 is 0 Å². The van der Waals surface area contributed by atoms with Crippen LogP contribution in [0.25, 0.3) is 0 Å². The first kappa shape index (κ1) is 14.3. The first-order valence-corrected chi connectivity index (χ1v) is 6.84. The van der Waals surface area contributed by atoms with E-state index in [4.69, 9.17) is 4.42 Å². The second-order valence-corrected chi connectivity index (χ2v) is 5.58. The zero-order valence-electron chi connectivity index (χ0n) is 10.6. The van der Waals surface area contributed by atoms with Crippen LogP contribution in [0.1, 0.15) is 50.6 Å². The molecular formula is C13H20BrNO2. The second-order valence-electron chi connectivity index (χ2n) is 4.80. The average Bonchev–Trinajstić information content (AvgIpc) is 2.64. The van der Waals surface area contributed by atoms with Gasteiger partial charge in [0.15, 0.2) is 10.4 Å². The first-order valence-electron chi connectivity index (χ1n) is 6.05. The van der Waals surface area contributed by atoms with E-state index in [1.165, 1.54) is 6.42 Å². The van der Waals surface area contributed by atoms with Gasteiger partial charge in [0.1, 0.15) is 0 Å². The molecule has 1 heterocycles. The molecule has 0 spiro atoms. The Balaban J connectivity index is 2.31. The van der Waals surface area contributed by atoms with E-state index in [9.17, 15) is 4.79 Å². The van der Waals surface area contributed by atoms with E-state index in [2.05, 4.69) is 35.1 Å². The van der Waals surface area contributed by atoms with Crippen LogP contribution >= 0.6 is 15.9 Å². The van der Waals surface area contributed by atoms with Gasteiger partial charge in [0.05, 0.1) is 0 Å². The van der Waals surface area contributed by atoms with Crippen molar-refractivity contribution in [3.05, 3.63) is 22.6 Å². The van der Waals surface area contributed by atoms with Gasteiger partial charge in [-0.3, -0.25) is 4.79 Å². The maximum absolute atomic E-state index is 11.7. The molecule has 1 atom stereocenters. The monoisotopic (exact) mass is 301 g/mol. The topological polar surface area (TPSA) is 42.2 Å². The SMILES string of the molecule is CC(C)CCC[C@@H](C)NC(=O)c1ccc(Br)o1. The van der Waals surface area contributed by atoms with Gasteiger partial charge in [-0.2, -0.15) is 0 Å². The zero-order chi connectivity index (χ0) is 12.8. The highest BCUT2D eigenvalue weighted by atomic mass is 79.9. The fourth-order valence-corrected chi connectivity index (χ4v) is 1.94. The standard InChI is InChI=1S/C13H20BrNO2/c1-9(2)5-4-6-10(3)15-13(16)11-7-8-12(14)17-11/h7-10H,4-6H2,1-3H3,(H,15,16)/t10-/m1/s1. The van der Waals surface area contributed by atoms with Crippen LogP contribution in [0.5, 0.6) is 0 Å². The maximum atomic E-state index is 11.7. The van der Waals surface area contributed by atoms with Crippen LogP contribution in [0.4, 0.5) is 0 Å². The molecule has 0 aliphatic rings. The molecule has 1 aromatic heterocycles. The Kier molecular flexibility index (Phi) is 5.75. The summed E-state index contributed by atoms with van der Waals surface area (Å²) in [6.07, 6.45) is 3.35. The molecule has 0 aliphatic heterocycles. The number of carbonyl (C=O) groups excluding carboxylic acids is 1. The Morgan fingerprint density at radius 2 is 2.06 bits per heavy atom. The molecule has 4 heteroatoms. The van der Waals surface area contributed by atoms with Crippen LogP contribution in [-0.4, -0.2) is 11.9 Å². The third kappa shape index (κ3) is 5.39. The predicted octanol–water partition coefficient (Wildman–Crippen LogP) is 3.99. The lowest BCUT2D eigenvalue weighted by Gasteiger charge is -2.13. The lowest BCUT2D eigenvalue weighted by Crippen LogP contribution is -2.32. The van der Waals surface area contributed by atoms with Crippen molar-refractivity contribution in [2.24, 2.45) is 5.92 Å². The van der Waals surface area contributed by atoms with Gasteiger partial charge in [0.2, 0.25) is 0 Å². The predicted molar refractivity (Wildman–Crippen MR) is 72.0 cm³/mol. The Hall–Kier alpha value is -0.770. The van der Waals surface area contributed by atoms with E-state index in [-0.39, 0.29) is 11.9 Å². The number of nitrogens with one attached hydrogen (secondary N) is 1. The van der Waals surface area contributed by atoms with Gasteiger partial charge in [0, 0.05) is 6.04 Å². The largest absolute Gasteiger partial charge is 0.444 e.